The first-order chi connectivity index (χ1) is 8.00. The molecule has 0 aromatic rings. The molecule has 0 aromatic heterocycles. The van der Waals surface area contributed by atoms with E-state index in [0.29, 0.717) is 0 Å². The first-order valence-corrected chi connectivity index (χ1v) is 6.60. The van der Waals surface area contributed by atoms with Crippen molar-refractivity contribution in [3.8, 4) is 0 Å². The summed E-state index contributed by atoms with van der Waals surface area (Å²) in [5.74, 6) is 0. The Bertz CT molecular complexity index is 191. The normalized spacial score (nSPS) is 19.2. The molecule has 0 spiro atoms. The Hall–Kier alpha value is 0.453. The minimum Gasteiger partial charge on any atom is -1.00 e. The summed E-state index contributed by atoms with van der Waals surface area (Å²) in [5.41, 5.74) is 0. The minimum absolute atomic E-state index is 0. The second-order valence-electron chi connectivity index (χ2n) is 4.20. The molecule has 0 N–H and O–H groups in total. The third-order valence-electron chi connectivity index (χ3n) is 2.67. The summed E-state index contributed by atoms with van der Waals surface area (Å²) >= 11 is 0. The van der Waals surface area contributed by atoms with Crippen molar-refractivity contribution in [2.24, 2.45) is 0 Å². The maximum atomic E-state index is 2.27. The molecule has 0 heterocycles. The fraction of sp³-hybridized carbons (Fsp3) is 0.500. The van der Waals surface area contributed by atoms with Crippen molar-refractivity contribution in [2.45, 2.75) is 51.4 Å². The van der Waals surface area contributed by atoms with Crippen LogP contribution in [-0.2, 0) is 19.5 Å². The molecule has 0 nitrogen and oxygen atoms in total. The van der Waals surface area contributed by atoms with Crippen LogP contribution < -0.4 is 37.2 Å². The molecule has 2 aliphatic carbocycles. The van der Waals surface area contributed by atoms with E-state index in [0.717, 1.165) is 0 Å². The van der Waals surface area contributed by atoms with E-state index in [9.17, 15) is 0 Å². The predicted octanol–water partition coefficient (Wildman–Crippen LogP) is -3.64. The fourth-order valence-electron chi connectivity index (χ4n) is 1.71. The van der Waals surface area contributed by atoms with Crippen molar-refractivity contribution >= 4 is 0 Å². The largest absolute Gasteiger partial charge is 3.00 e. The van der Waals surface area contributed by atoms with Gasteiger partial charge in [0, 0.05) is 0 Å². The standard InChI is InChI=1S/2C8H12.3ClH.Rh/c2*1-2-4-6-8-7-5-3-1;;;;/h2*1-2,7-8H,3-6H2;3*1H;/q;;;;;+3/p-3/b2*2-1-,8-7?;;;;. The monoisotopic (exact) mass is 424 g/mol. The quantitative estimate of drug-likeness (QED) is 0.278. The maximum absolute atomic E-state index is 2.27. The Labute approximate surface area is 156 Å². The molecule has 118 valence electrons. The van der Waals surface area contributed by atoms with Crippen LogP contribution in [0.1, 0.15) is 51.4 Å². The van der Waals surface area contributed by atoms with E-state index in [2.05, 4.69) is 48.6 Å². The minimum atomic E-state index is 0. The van der Waals surface area contributed by atoms with Gasteiger partial charge < -0.3 is 37.2 Å². The molecule has 2 aliphatic rings. The topological polar surface area (TPSA) is 0 Å². The Kier molecular flexibility index (Phi) is 35.0. The van der Waals surface area contributed by atoms with E-state index < -0.39 is 0 Å². The van der Waals surface area contributed by atoms with Gasteiger partial charge in [-0.05, 0) is 51.4 Å². The van der Waals surface area contributed by atoms with Gasteiger partial charge in [0.1, 0.15) is 0 Å². The van der Waals surface area contributed by atoms with Crippen LogP contribution in [-0.4, -0.2) is 0 Å². The average molecular weight is 426 g/mol. The second kappa shape index (κ2) is 24.5. The van der Waals surface area contributed by atoms with Crippen LogP contribution in [0.3, 0.4) is 0 Å². The van der Waals surface area contributed by atoms with E-state index in [1.165, 1.54) is 51.4 Å². The predicted molar refractivity (Wildman–Crippen MR) is 73.5 cm³/mol. The third kappa shape index (κ3) is 20.8. The Morgan fingerprint density at radius 3 is 0.500 bits per heavy atom. The summed E-state index contributed by atoms with van der Waals surface area (Å²) in [4.78, 5) is 0. The van der Waals surface area contributed by atoms with Crippen LogP contribution >= 0.6 is 0 Å². The van der Waals surface area contributed by atoms with E-state index in [1.807, 2.05) is 0 Å². The van der Waals surface area contributed by atoms with E-state index in [-0.39, 0.29) is 56.7 Å². The van der Waals surface area contributed by atoms with Crippen molar-refractivity contribution in [3.05, 3.63) is 48.6 Å². The number of hydrogen-bond acceptors (Lipinski definition) is 0. The molecular formula is C16H24Cl3Rh. The van der Waals surface area contributed by atoms with Gasteiger partial charge in [0.25, 0.3) is 0 Å². The Morgan fingerprint density at radius 1 is 0.300 bits per heavy atom. The van der Waals surface area contributed by atoms with Gasteiger partial charge in [0.2, 0.25) is 0 Å². The Balaban J connectivity index is -0.000000107. The van der Waals surface area contributed by atoms with Gasteiger partial charge in [0.15, 0.2) is 0 Å². The van der Waals surface area contributed by atoms with Crippen molar-refractivity contribution in [1.82, 2.24) is 0 Å². The van der Waals surface area contributed by atoms with E-state index in [4.69, 9.17) is 0 Å². The molecule has 0 saturated carbocycles. The third-order valence-corrected chi connectivity index (χ3v) is 2.67. The fourth-order valence-corrected chi connectivity index (χ4v) is 1.71. The summed E-state index contributed by atoms with van der Waals surface area (Å²) in [7, 11) is 0. The molecule has 0 radical (unpaired) electrons. The van der Waals surface area contributed by atoms with Crippen LogP contribution in [0, 0.1) is 0 Å². The molecule has 0 saturated heterocycles. The van der Waals surface area contributed by atoms with E-state index >= 15 is 0 Å². The second-order valence-corrected chi connectivity index (χ2v) is 4.20. The van der Waals surface area contributed by atoms with Crippen LogP contribution in [0.5, 0.6) is 0 Å². The first kappa shape index (κ1) is 28.6. The molecule has 0 atom stereocenters. The first-order valence-electron chi connectivity index (χ1n) is 6.60. The van der Waals surface area contributed by atoms with Crippen LogP contribution in [0.2, 0.25) is 0 Å². The molecule has 0 aromatic carbocycles. The van der Waals surface area contributed by atoms with Gasteiger partial charge in [0.05, 0.1) is 0 Å². The molecule has 0 unspecified atom stereocenters. The van der Waals surface area contributed by atoms with Crippen molar-refractivity contribution < 1.29 is 56.7 Å². The molecular weight excluding hydrogens is 401 g/mol. The van der Waals surface area contributed by atoms with Crippen LogP contribution in [0.4, 0.5) is 0 Å². The van der Waals surface area contributed by atoms with E-state index in [1.54, 1.807) is 0 Å². The van der Waals surface area contributed by atoms with Gasteiger partial charge in [-0.1, -0.05) is 48.6 Å². The Morgan fingerprint density at radius 2 is 0.400 bits per heavy atom. The maximum Gasteiger partial charge on any atom is 3.00 e. The van der Waals surface area contributed by atoms with Crippen molar-refractivity contribution in [2.75, 3.05) is 0 Å². The van der Waals surface area contributed by atoms with Gasteiger partial charge >= 0.3 is 19.5 Å². The van der Waals surface area contributed by atoms with Gasteiger partial charge in [-0.2, -0.15) is 0 Å². The van der Waals surface area contributed by atoms with Gasteiger partial charge in [-0.15, -0.1) is 0 Å². The number of halogens is 3. The molecule has 20 heavy (non-hydrogen) atoms. The summed E-state index contributed by atoms with van der Waals surface area (Å²) in [5, 5.41) is 0. The molecule has 0 aliphatic heterocycles. The smallest absolute Gasteiger partial charge is 1.00 e. The van der Waals surface area contributed by atoms with Crippen molar-refractivity contribution in [3.63, 3.8) is 0 Å². The number of hydrogen-bond donors (Lipinski definition) is 0. The van der Waals surface area contributed by atoms with Crippen molar-refractivity contribution in [1.29, 1.82) is 0 Å². The molecule has 0 fully saturated rings. The number of allylic oxidation sites excluding steroid dienone is 8. The van der Waals surface area contributed by atoms with Gasteiger partial charge in [-0.3, -0.25) is 0 Å². The zero-order valence-electron chi connectivity index (χ0n) is 11.7. The summed E-state index contributed by atoms with van der Waals surface area (Å²) < 4.78 is 0. The molecule has 0 amide bonds. The zero-order chi connectivity index (χ0) is 11.3. The molecule has 0 bridgehead atoms. The summed E-state index contributed by atoms with van der Waals surface area (Å²) in [6.45, 7) is 0. The number of rotatable bonds is 0. The zero-order valence-corrected chi connectivity index (χ0v) is 15.6. The summed E-state index contributed by atoms with van der Waals surface area (Å²) in [6, 6.07) is 0. The van der Waals surface area contributed by atoms with Crippen LogP contribution in [0.15, 0.2) is 48.6 Å². The van der Waals surface area contributed by atoms with Gasteiger partial charge in [-0.25, -0.2) is 0 Å². The SMILES string of the molecule is C1=CCC/C=C\CC1.C1=CCC/C=C\CC1.[Cl-].[Cl-].[Cl-].[Rh+3]. The average Bonchev–Trinajstić information content (AvgIpc) is 2.15. The summed E-state index contributed by atoms with van der Waals surface area (Å²) in [6.07, 6.45) is 28.0. The molecule has 2 rings (SSSR count). The molecule has 4 heteroatoms. The van der Waals surface area contributed by atoms with Crippen LogP contribution in [0.25, 0.3) is 0 Å².